The van der Waals surface area contributed by atoms with Crippen molar-refractivity contribution >= 4 is 0 Å². The molecule has 0 saturated carbocycles. The zero-order valence-electron chi connectivity index (χ0n) is 14.9. The van der Waals surface area contributed by atoms with Gasteiger partial charge in [0.25, 0.3) is 0 Å². The highest BCUT2D eigenvalue weighted by atomic mass is 16.4. The van der Waals surface area contributed by atoms with Gasteiger partial charge in [0.2, 0.25) is 11.8 Å². The van der Waals surface area contributed by atoms with E-state index in [0.29, 0.717) is 23.4 Å². The predicted molar refractivity (Wildman–Crippen MR) is 99.8 cm³/mol. The molecule has 4 rings (SSSR count). The van der Waals surface area contributed by atoms with Crippen LogP contribution in [0.15, 0.2) is 59.0 Å². The van der Waals surface area contributed by atoms with Crippen LogP contribution in [0.2, 0.25) is 0 Å². The van der Waals surface area contributed by atoms with Gasteiger partial charge >= 0.3 is 0 Å². The highest BCUT2D eigenvalue weighted by Crippen LogP contribution is 2.33. The van der Waals surface area contributed by atoms with Crippen molar-refractivity contribution in [1.82, 2.24) is 15.1 Å². The van der Waals surface area contributed by atoms with E-state index in [1.807, 2.05) is 42.5 Å². The second-order valence-corrected chi connectivity index (χ2v) is 6.89. The lowest BCUT2D eigenvalue weighted by Gasteiger charge is -2.34. The fraction of sp³-hybridized carbons (Fsp3) is 0.333. The Morgan fingerprint density at radius 2 is 1.69 bits per heavy atom. The number of hydrogen-bond acceptors (Lipinski definition) is 5. The van der Waals surface area contributed by atoms with Crippen LogP contribution in [0.3, 0.4) is 0 Å². The van der Waals surface area contributed by atoms with E-state index in [9.17, 15) is 5.11 Å². The summed E-state index contributed by atoms with van der Waals surface area (Å²) in [5, 5.41) is 17.9. The number of likely N-dealkylation sites (tertiary alicyclic amines) is 1. The molecule has 26 heavy (non-hydrogen) atoms. The minimum absolute atomic E-state index is 0.112. The molecule has 0 bridgehead atoms. The number of hydrogen-bond donors (Lipinski definition) is 1. The molecule has 5 heteroatoms. The summed E-state index contributed by atoms with van der Waals surface area (Å²) in [6.07, 6.45) is 2.18. The Kier molecular flexibility index (Phi) is 4.71. The molecule has 2 aromatic carbocycles. The molecule has 0 aliphatic carbocycles. The second kappa shape index (κ2) is 7.30. The van der Waals surface area contributed by atoms with E-state index in [1.54, 1.807) is 12.1 Å². The summed E-state index contributed by atoms with van der Waals surface area (Å²) in [4.78, 5) is 2.40. The van der Waals surface area contributed by atoms with Gasteiger partial charge in [-0.2, -0.15) is 0 Å². The maximum absolute atomic E-state index is 9.45. The Labute approximate surface area is 153 Å². The van der Waals surface area contributed by atoms with Gasteiger partial charge in [0.15, 0.2) is 0 Å². The summed E-state index contributed by atoms with van der Waals surface area (Å²) in [6.45, 7) is 4.12. The molecule has 1 fully saturated rings. The molecule has 1 aliphatic heterocycles. The third kappa shape index (κ3) is 3.48. The van der Waals surface area contributed by atoms with E-state index in [-0.39, 0.29) is 6.04 Å². The SMILES string of the molecule is CC(c1nnc(-c2ccccc2)o1)N1CCC(c2ccc(O)cc2)CC1. The predicted octanol–water partition coefficient (Wildman–Crippen LogP) is 4.38. The average Bonchev–Trinajstić information content (AvgIpc) is 3.19. The van der Waals surface area contributed by atoms with E-state index in [0.717, 1.165) is 31.5 Å². The molecule has 1 unspecified atom stereocenters. The number of benzene rings is 2. The summed E-state index contributed by atoms with van der Waals surface area (Å²) in [5.41, 5.74) is 2.25. The van der Waals surface area contributed by atoms with E-state index in [4.69, 9.17) is 4.42 Å². The second-order valence-electron chi connectivity index (χ2n) is 6.89. The quantitative estimate of drug-likeness (QED) is 0.757. The number of nitrogens with zero attached hydrogens (tertiary/aromatic N) is 3. The van der Waals surface area contributed by atoms with Crippen LogP contribution in [0, 0.1) is 0 Å². The van der Waals surface area contributed by atoms with Crippen LogP contribution in [0.25, 0.3) is 11.5 Å². The van der Waals surface area contributed by atoms with Crippen LogP contribution in [-0.2, 0) is 0 Å². The standard InChI is InChI=1S/C21H23N3O2/c1-15(20-22-23-21(26-20)18-5-3-2-4-6-18)24-13-11-17(12-14-24)16-7-9-19(25)10-8-16/h2-10,15,17,25H,11-14H2,1H3. The van der Waals surface area contributed by atoms with Gasteiger partial charge < -0.3 is 9.52 Å². The number of piperidine rings is 1. The van der Waals surface area contributed by atoms with Gasteiger partial charge in [0.1, 0.15) is 5.75 Å². The van der Waals surface area contributed by atoms with Gasteiger partial charge in [-0.3, -0.25) is 4.90 Å². The van der Waals surface area contributed by atoms with Gasteiger partial charge in [-0.05, 0) is 68.6 Å². The normalized spacial score (nSPS) is 17.3. The van der Waals surface area contributed by atoms with Crippen LogP contribution in [0.5, 0.6) is 5.75 Å². The van der Waals surface area contributed by atoms with Crippen molar-refractivity contribution in [3.05, 3.63) is 66.1 Å². The zero-order valence-corrected chi connectivity index (χ0v) is 14.9. The molecule has 1 saturated heterocycles. The Morgan fingerprint density at radius 1 is 1.00 bits per heavy atom. The average molecular weight is 349 g/mol. The third-order valence-electron chi connectivity index (χ3n) is 5.26. The van der Waals surface area contributed by atoms with Crippen LogP contribution >= 0.6 is 0 Å². The van der Waals surface area contributed by atoms with Crippen LogP contribution < -0.4 is 0 Å². The first kappa shape index (κ1) is 16.8. The van der Waals surface area contributed by atoms with E-state index >= 15 is 0 Å². The van der Waals surface area contributed by atoms with Gasteiger partial charge in [-0.1, -0.05) is 30.3 Å². The van der Waals surface area contributed by atoms with Crippen molar-refractivity contribution in [2.24, 2.45) is 0 Å². The van der Waals surface area contributed by atoms with Gasteiger partial charge in [-0.15, -0.1) is 10.2 Å². The van der Waals surface area contributed by atoms with Crippen molar-refractivity contribution in [2.45, 2.75) is 31.7 Å². The molecular weight excluding hydrogens is 326 g/mol. The minimum Gasteiger partial charge on any atom is -0.508 e. The number of aromatic nitrogens is 2. The zero-order chi connectivity index (χ0) is 17.9. The number of aromatic hydroxyl groups is 1. The maximum Gasteiger partial charge on any atom is 0.247 e. The van der Waals surface area contributed by atoms with Crippen LogP contribution in [-0.4, -0.2) is 33.3 Å². The fourth-order valence-corrected chi connectivity index (χ4v) is 3.62. The Hall–Kier alpha value is -2.66. The first-order valence-electron chi connectivity index (χ1n) is 9.12. The number of phenolic OH excluding ortho intramolecular Hbond substituents is 1. The summed E-state index contributed by atoms with van der Waals surface area (Å²) in [6, 6.07) is 17.6. The van der Waals surface area contributed by atoms with Crippen LogP contribution in [0.4, 0.5) is 0 Å². The smallest absolute Gasteiger partial charge is 0.247 e. The van der Waals surface area contributed by atoms with Crippen molar-refractivity contribution in [1.29, 1.82) is 0 Å². The lowest BCUT2D eigenvalue weighted by atomic mass is 9.89. The molecular formula is C21H23N3O2. The van der Waals surface area contributed by atoms with Crippen molar-refractivity contribution in [2.75, 3.05) is 13.1 Å². The Balaban J connectivity index is 1.40. The molecule has 1 aliphatic rings. The van der Waals surface area contributed by atoms with Crippen molar-refractivity contribution in [3.63, 3.8) is 0 Å². The van der Waals surface area contributed by atoms with E-state index in [1.165, 1.54) is 5.56 Å². The van der Waals surface area contributed by atoms with E-state index < -0.39 is 0 Å². The first-order chi connectivity index (χ1) is 12.7. The number of phenols is 1. The van der Waals surface area contributed by atoms with Gasteiger partial charge in [0.05, 0.1) is 6.04 Å². The molecule has 2 heterocycles. The topological polar surface area (TPSA) is 62.4 Å². The molecule has 1 atom stereocenters. The molecule has 0 amide bonds. The highest BCUT2D eigenvalue weighted by Gasteiger charge is 2.27. The molecule has 0 spiro atoms. The molecule has 5 nitrogen and oxygen atoms in total. The summed E-state index contributed by atoms with van der Waals surface area (Å²) < 4.78 is 5.92. The Morgan fingerprint density at radius 3 is 2.38 bits per heavy atom. The van der Waals surface area contributed by atoms with Crippen molar-refractivity contribution in [3.8, 4) is 17.2 Å². The van der Waals surface area contributed by atoms with Crippen LogP contribution in [0.1, 0.15) is 43.2 Å². The maximum atomic E-state index is 9.45. The molecule has 0 radical (unpaired) electrons. The highest BCUT2D eigenvalue weighted by molar-refractivity contribution is 5.51. The molecule has 1 aromatic heterocycles. The summed E-state index contributed by atoms with van der Waals surface area (Å²) in [7, 11) is 0. The van der Waals surface area contributed by atoms with E-state index in [2.05, 4.69) is 22.0 Å². The summed E-state index contributed by atoms with van der Waals surface area (Å²) in [5.74, 6) is 2.12. The fourth-order valence-electron chi connectivity index (χ4n) is 3.62. The lowest BCUT2D eigenvalue weighted by Crippen LogP contribution is -2.35. The first-order valence-corrected chi connectivity index (χ1v) is 9.12. The molecule has 1 N–H and O–H groups in total. The monoisotopic (exact) mass is 349 g/mol. The summed E-state index contributed by atoms with van der Waals surface area (Å²) >= 11 is 0. The number of rotatable bonds is 4. The Bertz CT molecular complexity index is 837. The largest absolute Gasteiger partial charge is 0.508 e. The molecule has 134 valence electrons. The van der Waals surface area contributed by atoms with Gasteiger partial charge in [-0.25, -0.2) is 0 Å². The van der Waals surface area contributed by atoms with Gasteiger partial charge in [0, 0.05) is 5.56 Å². The third-order valence-corrected chi connectivity index (χ3v) is 5.26. The minimum atomic E-state index is 0.112. The lowest BCUT2D eigenvalue weighted by molar-refractivity contribution is 0.143. The molecule has 3 aromatic rings. The van der Waals surface area contributed by atoms with Crippen molar-refractivity contribution < 1.29 is 9.52 Å².